The van der Waals surface area contributed by atoms with Crippen LogP contribution in [0.1, 0.15) is 75.2 Å². The molecule has 4 rings (SSSR count). The summed E-state index contributed by atoms with van der Waals surface area (Å²) in [4.78, 5) is 31.1. The van der Waals surface area contributed by atoms with Crippen LogP contribution in [0.4, 0.5) is 19.3 Å². The summed E-state index contributed by atoms with van der Waals surface area (Å²) in [6.07, 6.45) is 5.37. The van der Waals surface area contributed by atoms with E-state index in [-0.39, 0.29) is 17.5 Å². The van der Waals surface area contributed by atoms with Crippen LogP contribution in [0.15, 0.2) is 36.4 Å². The van der Waals surface area contributed by atoms with E-state index in [0.717, 1.165) is 55.7 Å². The van der Waals surface area contributed by atoms with Gasteiger partial charge in [0.1, 0.15) is 19.7 Å². The summed E-state index contributed by atoms with van der Waals surface area (Å²) < 4.78 is 34.6. The number of hydrogen-bond donors (Lipinski definition) is 2. The molecule has 0 spiro atoms. The first-order valence-electron chi connectivity index (χ1n) is 14.9. The van der Waals surface area contributed by atoms with Gasteiger partial charge in [0.05, 0.1) is 18.2 Å². The molecule has 2 aromatic carbocycles. The summed E-state index contributed by atoms with van der Waals surface area (Å²) in [5.41, 5.74) is 6.23. The molecule has 0 radical (unpaired) electrons. The molecular formula is C33H41F2N3O3Si. The number of anilines is 1. The maximum absolute atomic E-state index is 15.0. The van der Waals surface area contributed by atoms with E-state index in [0.29, 0.717) is 29.8 Å². The van der Waals surface area contributed by atoms with E-state index >= 15 is 0 Å². The molecule has 2 heterocycles. The molecule has 1 aliphatic heterocycles. The monoisotopic (exact) mass is 593 g/mol. The van der Waals surface area contributed by atoms with Crippen LogP contribution in [0.3, 0.4) is 0 Å². The maximum Gasteiger partial charge on any atom is 0.411 e. The van der Waals surface area contributed by atoms with E-state index in [9.17, 15) is 18.4 Å². The van der Waals surface area contributed by atoms with Gasteiger partial charge in [-0.3, -0.25) is 10.1 Å². The molecule has 0 saturated carbocycles. The Labute approximate surface area is 248 Å². The highest BCUT2D eigenvalue weighted by molar-refractivity contribution is 6.84. The minimum Gasteiger partial charge on any atom is -0.449 e. The predicted octanol–water partition coefficient (Wildman–Crippen LogP) is 8.10. The van der Waals surface area contributed by atoms with Gasteiger partial charge < -0.3 is 14.6 Å². The summed E-state index contributed by atoms with van der Waals surface area (Å²) in [6.45, 7) is 10.8. The van der Waals surface area contributed by atoms with Gasteiger partial charge in [-0.2, -0.15) is 0 Å². The number of amides is 2. The van der Waals surface area contributed by atoms with Crippen molar-refractivity contribution < 1.29 is 23.1 Å². The van der Waals surface area contributed by atoms with Gasteiger partial charge in [-0.15, -0.1) is 5.54 Å². The number of nitrogens with zero attached hydrogens (tertiary/aromatic N) is 1. The number of halogens is 2. The van der Waals surface area contributed by atoms with Gasteiger partial charge in [-0.25, -0.2) is 13.6 Å². The van der Waals surface area contributed by atoms with Gasteiger partial charge in [0.2, 0.25) is 0 Å². The van der Waals surface area contributed by atoms with Gasteiger partial charge in [-0.05, 0) is 54.5 Å². The van der Waals surface area contributed by atoms with Crippen molar-refractivity contribution in [3.63, 3.8) is 0 Å². The number of aromatic nitrogens is 1. The van der Waals surface area contributed by atoms with Crippen molar-refractivity contribution in [2.45, 2.75) is 90.5 Å². The van der Waals surface area contributed by atoms with Crippen LogP contribution in [0.5, 0.6) is 0 Å². The molecule has 0 bridgehead atoms. The molecule has 3 aromatic rings. The summed E-state index contributed by atoms with van der Waals surface area (Å²) in [7, 11) is -1.84. The van der Waals surface area contributed by atoms with Gasteiger partial charge in [0.25, 0.3) is 5.91 Å². The number of nitrogens with one attached hydrogen (secondary N) is 2. The second-order valence-corrected chi connectivity index (χ2v) is 16.8. The first-order valence-corrected chi connectivity index (χ1v) is 18.4. The zero-order valence-corrected chi connectivity index (χ0v) is 26.2. The normalized spacial score (nSPS) is 16.5. The Bertz CT molecular complexity index is 1480. The van der Waals surface area contributed by atoms with Crippen LogP contribution in [-0.4, -0.2) is 42.6 Å². The predicted molar refractivity (Wildman–Crippen MR) is 166 cm³/mol. The SMILES string of the molecule is CCCCCOC(=O)Nc1ccc([C@H]2c3[nH]c4c(F)cc(F)cc4c3C[C@H](CCCC)N2C(=O)C#C[Si](C)(C)C)cc1. The first kappa shape index (κ1) is 31.3. The largest absolute Gasteiger partial charge is 0.449 e. The lowest BCUT2D eigenvalue weighted by Crippen LogP contribution is -2.47. The van der Waals surface area contributed by atoms with Gasteiger partial charge in [0, 0.05) is 28.9 Å². The number of rotatable bonds is 9. The number of ether oxygens (including phenoxy) is 1. The Morgan fingerprint density at radius 3 is 2.45 bits per heavy atom. The van der Waals surface area contributed by atoms with Crippen molar-refractivity contribution in [1.82, 2.24) is 9.88 Å². The fourth-order valence-electron chi connectivity index (χ4n) is 5.45. The fourth-order valence-corrected chi connectivity index (χ4v) is 5.93. The van der Waals surface area contributed by atoms with E-state index < -0.39 is 31.8 Å². The minimum absolute atomic E-state index is 0.202. The Balaban J connectivity index is 1.77. The third-order valence-electron chi connectivity index (χ3n) is 7.47. The molecule has 6 nitrogen and oxygen atoms in total. The van der Waals surface area contributed by atoms with Crippen molar-refractivity contribution in [2.24, 2.45) is 0 Å². The summed E-state index contributed by atoms with van der Waals surface area (Å²) >= 11 is 0. The van der Waals surface area contributed by atoms with E-state index in [4.69, 9.17) is 4.74 Å². The van der Waals surface area contributed by atoms with Gasteiger partial charge in [-0.1, -0.05) is 71.3 Å². The lowest BCUT2D eigenvalue weighted by molar-refractivity contribution is -0.130. The van der Waals surface area contributed by atoms with Crippen molar-refractivity contribution >= 4 is 36.7 Å². The Morgan fingerprint density at radius 1 is 1.07 bits per heavy atom. The van der Waals surface area contributed by atoms with Gasteiger partial charge in [0.15, 0.2) is 0 Å². The zero-order chi connectivity index (χ0) is 30.4. The number of carbonyl (C=O) groups is 2. The Hall–Kier alpha value is -3.64. The molecule has 2 amide bonds. The van der Waals surface area contributed by atoms with E-state index in [1.807, 2.05) is 17.0 Å². The number of fused-ring (bicyclic) bond motifs is 3. The standard InChI is InChI=1S/C33H41F2N3O3Si/c1-6-8-10-17-41-33(40)36-24-14-12-22(13-15-24)32-31-27(26-19-23(34)20-28(35)30(26)37-31)21-25(11-9-7-2)38(32)29(39)16-18-42(3,4)5/h12-15,19-20,25,32,37H,6-11,17,21H2,1-5H3,(H,36,40)/t25-,32-/m0/s1. The molecule has 1 aromatic heterocycles. The molecule has 2 N–H and O–H groups in total. The highest BCUT2D eigenvalue weighted by atomic mass is 28.3. The van der Waals surface area contributed by atoms with Crippen molar-refractivity contribution in [3.05, 3.63) is 64.9 Å². The molecule has 2 atom stereocenters. The highest BCUT2D eigenvalue weighted by Crippen LogP contribution is 2.43. The van der Waals surface area contributed by atoms with Crippen LogP contribution in [0.25, 0.3) is 10.9 Å². The Kier molecular flexibility index (Phi) is 10.1. The van der Waals surface area contributed by atoms with E-state index in [2.05, 4.69) is 55.3 Å². The van der Waals surface area contributed by atoms with Crippen molar-refractivity contribution in [1.29, 1.82) is 0 Å². The zero-order valence-electron chi connectivity index (χ0n) is 25.2. The van der Waals surface area contributed by atoms with E-state index in [1.165, 1.54) is 6.07 Å². The van der Waals surface area contributed by atoms with Crippen molar-refractivity contribution in [2.75, 3.05) is 11.9 Å². The summed E-state index contributed by atoms with van der Waals surface area (Å²) in [5, 5.41) is 3.25. The topological polar surface area (TPSA) is 74.4 Å². The molecule has 42 heavy (non-hydrogen) atoms. The van der Waals surface area contributed by atoms with Crippen LogP contribution < -0.4 is 5.32 Å². The Morgan fingerprint density at radius 2 is 1.79 bits per heavy atom. The smallest absolute Gasteiger partial charge is 0.411 e. The molecule has 0 fully saturated rings. The lowest BCUT2D eigenvalue weighted by Gasteiger charge is -2.41. The van der Waals surface area contributed by atoms with Crippen LogP contribution in [-0.2, 0) is 16.0 Å². The first-order chi connectivity index (χ1) is 20.0. The third kappa shape index (κ3) is 7.40. The number of carbonyl (C=O) groups excluding carboxylic acids is 2. The average molecular weight is 594 g/mol. The van der Waals surface area contributed by atoms with Gasteiger partial charge >= 0.3 is 6.09 Å². The molecule has 0 aliphatic carbocycles. The van der Waals surface area contributed by atoms with E-state index in [1.54, 1.807) is 12.1 Å². The van der Waals surface area contributed by atoms with Crippen LogP contribution in [0, 0.1) is 23.1 Å². The minimum atomic E-state index is -1.84. The molecule has 0 unspecified atom stereocenters. The average Bonchev–Trinajstić information content (AvgIpc) is 3.30. The fraction of sp³-hybridized carbons (Fsp3) is 0.455. The quantitative estimate of drug-likeness (QED) is 0.150. The molecule has 9 heteroatoms. The third-order valence-corrected chi connectivity index (χ3v) is 8.35. The molecule has 1 aliphatic rings. The summed E-state index contributed by atoms with van der Waals surface area (Å²) in [5.74, 6) is 1.34. The number of aromatic amines is 1. The number of benzene rings is 2. The number of H-pyrrole nitrogens is 1. The van der Waals surface area contributed by atoms with Crippen LogP contribution >= 0.6 is 0 Å². The highest BCUT2D eigenvalue weighted by Gasteiger charge is 2.40. The summed E-state index contributed by atoms with van der Waals surface area (Å²) in [6, 6.07) is 8.65. The second kappa shape index (κ2) is 13.6. The molecule has 224 valence electrons. The lowest BCUT2D eigenvalue weighted by atomic mass is 9.86. The molecule has 0 saturated heterocycles. The second-order valence-electron chi connectivity index (χ2n) is 12.0. The molecular weight excluding hydrogens is 552 g/mol. The van der Waals surface area contributed by atoms with Crippen molar-refractivity contribution in [3.8, 4) is 11.5 Å². The number of hydrogen-bond acceptors (Lipinski definition) is 3. The van der Waals surface area contributed by atoms with Crippen LogP contribution in [0.2, 0.25) is 19.6 Å². The number of unbranched alkanes of at least 4 members (excludes halogenated alkanes) is 3. The maximum atomic E-state index is 15.0.